The molecule has 2 saturated heterocycles. The summed E-state index contributed by atoms with van der Waals surface area (Å²) in [5.74, 6) is -18.1. The van der Waals surface area contributed by atoms with E-state index in [1.807, 2.05) is 13.8 Å². The highest BCUT2D eigenvalue weighted by Gasteiger charge is 2.44. The molecule has 45 nitrogen and oxygen atoms in total. The summed E-state index contributed by atoms with van der Waals surface area (Å²) in [6.07, 6.45) is 5.39. The van der Waals surface area contributed by atoms with Crippen molar-refractivity contribution in [2.24, 2.45) is 28.9 Å². The minimum Gasteiger partial charge on any atom is -0.394 e. The minimum absolute atomic E-state index is 0.00765. The molecule has 0 saturated carbocycles. The van der Waals surface area contributed by atoms with Gasteiger partial charge in [0.1, 0.15) is 84.6 Å². The number of likely N-dealkylation sites (N-methyl/N-ethyl adjacent to an activating group) is 3. The zero-order valence-corrected chi connectivity index (χ0v) is 79.8. The molecule has 2 aliphatic rings. The molecule has 750 valence electrons. The lowest BCUT2D eigenvalue weighted by Gasteiger charge is -2.36. The first-order valence-electron chi connectivity index (χ1n) is 46.2. The van der Waals surface area contributed by atoms with E-state index in [4.69, 9.17) is 33.8 Å². The van der Waals surface area contributed by atoms with Crippen molar-refractivity contribution < 1.29 is 86.6 Å². The number of aliphatic hydroxyl groups excluding tert-OH is 1. The molecule has 17 amide bonds. The molecule has 0 spiro atoms. The Morgan fingerprint density at radius 1 is 0.500 bits per heavy atom. The highest BCUT2D eigenvalue weighted by Crippen LogP contribution is 2.26. The quantitative estimate of drug-likeness (QED) is 0.0123. The van der Waals surface area contributed by atoms with Crippen LogP contribution >= 0.6 is 11.8 Å². The SMILES string of the molecule is CCCC[C@H]1C(=O)N(C)[C@@H](CCCC)C(=O)N[C@@H](CCCNC(=N)N)C(=O)N[C@H](C(=O)NCC(N)=O)CSCC(=O)N[C@@H](Cc2ccccc2)C(=O)N(C)[C@@H](C)C(=O)N[C@@H](CC(N)=O)C(=O)N2CCC[C@H]2C(=O)N[C@@H](Cc2cnc[nH]2)C(=O)N[C@@H](CC(C)C)C(=O)N[C@@H](CCCNC(=N)N)C(=O)N[C@@H](Cc2c[nH]c3ccccc23)C(=O)N[C@@H](CO)C(=O)N[C@@H](Cc2c[nH]c3ccccc23)C(=O)N1C. The average molecular weight is 1940 g/mol. The van der Waals surface area contributed by atoms with E-state index in [1.54, 1.807) is 105 Å². The van der Waals surface area contributed by atoms with Crippen LogP contribution in [0, 0.1) is 16.7 Å². The van der Waals surface area contributed by atoms with Gasteiger partial charge in [0.05, 0.1) is 31.7 Å². The molecule has 27 N–H and O–H groups in total. The maximum absolute atomic E-state index is 15.8. The predicted molar refractivity (Wildman–Crippen MR) is 513 cm³/mol. The maximum Gasteiger partial charge on any atom is 0.246 e. The number of aromatic amines is 3. The Balaban J connectivity index is 1.21. The number of benzene rings is 3. The Hall–Kier alpha value is -14.2. The minimum atomic E-state index is -1.90. The number of thioether (sulfide) groups is 1. The molecule has 14 atom stereocenters. The van der Waals surface area contributed by atoms with Gasteiger partial charge >= 0.3 is 0 Å². The molecule has 0 radical (unpaired) electrons. The Kier molecular flexibility index (Phi) is 42.6. The van der Waals surface area contributed by atoms with Crippen molar-refractivity contribution >= 4 is 146 Å². The van der Waals surface area contributed by atoms with Gasteiger partial charge in [-0.05, 0) is 99.5 Å². The van der Waals surface area contributed by atoms with Gasteiger partial charge in [-0.3, -0.25) is 92.3 Å². The van der Waals surface area contributed by atoms with Crippen LogP contribution in [-0.4, -0.2) is 307 Å². The van der Waals surface area contributed by atoms with Crippen molar-refractivity contribution in [2.75, 3.05) is 65.4 Å². The molecular formula is C92H133N27O18S. The molecule has 3 aromatic heterocycles. The van der Waals surface area contributed by atoms with E-state index in [0.29, 0.717) is 69.9 Å². The van der Waals surface area contributed by atoms with Gasteiger partial charge in [0.25, 0.3) is 0 Å². The van der Waals surface area contributed by atoms with Crippen LogP contribution in [0.15, 0.2) is 104 Å². The van der Waals surface area contributed by atoms with Crippen molar-refractivity contribution in [3.05, 3.63) is 126 Å². The van der Waals surface area contributed by atoms with E-state index in [9.17, 15) is 48.3 Å². The number of imidazole rings is 1. The lowest BCUT2D eigenvalue weighted by atomic mass is 10.00. The maximum atomic E-state index is 15.8. The number of rotatable bonds is 30. The van der Waals surface area contributed by atoms with Crippen molar-refractivity contribution in [3.8, 4) is 0 Å². The van der Waals surface area contributed by atoms with E-state index in [2.05, 4.69) is 89.1 Å². The number of hydrogen-bond donors (Lipinski definition) is 23. The topological polar surface area (TPSA) is 692 Å². The molecular weight excluding hydrogens is 1800 g/mol. The molecule has 2 aliphatic heterocycles. The number of hydrogen-bond acceptors (Lipinski definition) is 22. The highest BCUT2D eigenvalue weighted by atomic mass is 32.2. The number of guanidine groups is 2. The van der Waals surface area contributed by atoms with Gasteiger partial charge in [-0.1, -0.05) is 120 Å². The highest BCUT2D eigenvalue weighted by molar-refractivity contribution is 8.00. The number of fused-ring (bicyclic) bond motifs is 3. The number of nitrogens with zero attached hydrogens (tertiary/aromatic N) is 5. The van der Waals surface area contributed by atoms with Crippen LogP contribution in [-0.2, 0) is 107 Å². The molecule has 2 fully saturated rings. The number of nitrogens with one attached hydrogen (secondary N) is 18. The fourth-order valence-electron chi connectivity index (χ4n) is 16.3. The number of amides is 17. The predicted octanol–water partition coefficient (Wildman–Crippen LogP) is -2.85. The van der Waals surface area contributed by atoms with Gasteiger partial charge in [-0.25, -0.2) is 4.98 Å². The zero-order chi connectivity index (χ0) is 101. The van der Waals surface area contributed by atoms with E-state index >= 15 is 38.4 Å². The standard InChI is InChI=1S/C92H133N27O18S/c1-9-11-31-71-85(132)108-62(30-21-35-101-92(97)98)80(127)115-70(78(125)104-46-75(94)122)48-138-49-76(123)106-66(38-53-23-14-13-15-24-53)87(134)116(6)52(5)77(124)112-68(42-74(93)121)89(136)119-36-22-33-72(119)86(133)111-65(41-56-45-99-50-105-56)83(130)109-63(37-51(3)4)81(128)107-61(29-20-34-100-91(95)96)79(126)110-64(39-54-43-102-59-27-18-16-25-57(54)59)82(129)114-69(47-120)84(131)113-67(40-55-44-103-60-28-19-17-26-58(55)60)88(135)118(8)73(32-12-10-2)90(137)117(71)7/h13-19,23-28,43-45,50-52,61-73,102-103,120H,9-12,20-22,29-42,46-49H2,1-8H3,(H2,93,121)(H2,94,122)(H,99,105)(H,104,125)(H,106,123)(H,107,128)(H,108,132)(H,109,130)(H,110,126)(H,111,133)(H,112,124)(H,113,131)(H,114,129)(H,115,127)(H4,95,96,100)(H4,97,98,101)/t52-,61-,62-,63-,64-,65-,66-,67-,68-,69-,70-,71-,72-,73-/m0/s1. The van der Waals surface area contributed by atoms with E-state index in [0.717, 1.165) is 31.4 Å². The monoisotopic (exact) mass is 1940 g/mol. The van der Waals surface area contributed by atoms with Gasteiger partial charge in [0.15, 0.2) is 11.9 Å². The van der Waals surface area contributed by atoms with Gasteiger partial charge in [0.2, 0.25) is 100 Å². The third kappa shape index (κ3) is 32.5. The fourth-order valence-corrected chi connectivity index (χ4v) is 17.2. The van der Waals surface area contributed by atoms with E-state index in [-0.39, 0.29) is 109 Å². The summed E-state index contributed by atoms with van der Waals surface area (Å²) in [7, 11) is 3.94. The third-order valence-corrected chi connectivity index (χ3v) is 25.0. The second-order valence-corrected chi connectivity index (χ2v) is 36.0. The van der Waals surface area contributed by atoms with Crippen LogP contribution in [0.5, 0.6) is 0 Å². The second-order valence-electron chi connectivity index (χ2n) is 34.9. The summed E-state index contributed by atoms with van der Waals surface area (Å²) in [6.45, 7) is 6.51. The Labute approximate surface area is 803 Å². The third-order valence-electron chi connectivity index (χ3n) is 24.0. The number of carbonyl (C=O) groups excluding carboxylic acids is 17. The van der Waals surface area contributed by atoms with Crippen LogP contribution in [0.4, 0.5) is 0 Å². The van der Waals surface area contributed by atoms with Crippen LogP contribution in [0.1, 0.15) is 147 Å². The Bertz CT molecular complexity index is 5250. The van der Waals surface area contributed by atoms with Crippen LogP contribution in [0.25, 0.3) is 21.8 Å². The molecule has 6 aromatic rings. The van der Waals surface area contributed by atoms with Crippen LogP contribution < -0.4 is 92.1 Å². The molecule has 46 heteroatoms. The number of aromatic nitrogens is 4. The van der Waals surface area contributed by atoms with E-state index in [1.165, 1.54) is 40.6 Å². The Morgan fingerprint density at radius 2 is 0.986 bits per heavy atom. The summed E-state index contributed by atoms with van der Waals surface area (Å²) < 4.78 is 0. The molecule has 0 aliphatic carbocycles. The fraction of sp³-hybridized carbons (Fsp3) is 0.522. The molecule has 8 rings (SSSR count). The number of unbranched alkanes of at least 4 members (excludes halogenated alkanes) is 2. The molecule has 5 heterocycles. The number of H-pyrrole nitrogens is 3. The van der Waals surface area contributed by atoms with Crippen molar-refractivity contribution in [2.45, 2.75) is 235 Å². The molecule has 138 heavy (non-hydrogen) atoms. The largest absolute Gasteiger partial charge is 0.394 e. The summed E-state index contributed by atoms with van der Waals surface area (Å²) in [5.41, 5.74) is 25.6. The first-order valence-corrected chi connectivity index (χ1v) is 47.4. The number of primary amides is 2. The molecule has 0 unspecified atom stereocenters. The lowest BCUT2D eigenvalue weighted by Crippen LogP contribution is -2.62. The van der Waals surface area contributed by atoms with Crippen LogP contribution in [0.2, 0.25) is 0 Å². The van der Waals surface area contributed by atoms with E-state index < -0.39 is 228 Å². The van der Waals surface area contributed by atoms with Gasteiger partial charge in [0, 0.05) is 118 Å². The zero-order valence-electron chi connectivity index (χ0n) is 79.0. The number of carbonyl (C=O) groups is 17. The number of nitrogens with two attached hydrogens (primary N) is 4. The van der Waals surface area contributed by atoms with Gasteiger partial charge in [-0.2, -0.15) is 0 Å². The lowest BCUT2D eigenvalue weighted by molar-refractivity contribution is -0.149. The van der Waals surface area contributed by atoms with Gasteiger partial charge in [-0.15, -0.1) is 11.8 Å². The Morgan fingerprint density at radius 3 is 1.55 bits per heavy atom. The summed E-state index contributed by atoms with van der Waals surface area (Å²) in [6, 6.07) is 0.731. The summed E-state index contributed by atoms with van der Waals surface area (Å²) in [4.78, 5) is 269. The molecule has 3 aromatic carbocycles. The summed E-state index contributed by atoms with van der Waals surface area (Å²) >= 11 is 0.789. The van der Waals surface area contributed by atoms with Crippen molar-refractivity contribution in [1.29, 1.82) is 10.8 Å². The van der Waals surface area contributed by atoms with Crippen LogP contribution in [0.3, 0.4) is 0 Å². The molecule has 0 bridgehead atoms. The number of para-hydroxylation sites is 2. The van der Waals surface area contributed by atoms with Crippen molar-refractivity contribution in [1.82, 2.24) is 109 Å². The van der Waals surface area contributed by atoms with Gasteiger partial charge < -0.3 is 132 Å². The van der Waals surface area contributed by atoms with Crippen molar-refractivity contribution in [3.63, 3.8) is 0 Å². The average Bonchev–Trinajstić information content (AvgIpc) is 1.60. The first kappa shape index (κ1) is 109. The first-order chi connectivity index (χ1) is 65.8. The second kappa shape index (κ2) is 53.9. The number of aliphatic hydroxyl groups is 1. The summed E-state index contributed by atoms with van der Waals surface area (Å²) in [5, 5.41) is 62.9. The smallest absolute Gasteiger partial charge is 0.246 e. The normalized spacial score (nSPS) is 23.4.